The molecule has 0 saturated heterocycles. The van der Waals surface area contributed by atoms with E-state index in [4.69, 9.17) is 11.5 Å². The largest absolute Gasteiger partial charge is 0.478 e. The third-order valence-electron chi connectivity index (χ3n) is 3.23. The summed E-state index contributed by atoms with van der Waals surface area (Å²) in [6.07, 6.45) is -5.22. The predicted molar refractivity (Wildman–Crippen MR) is 72.5 cm³/mol. The summed E-state index contributed by atoms with van der Waals surface area (Å²) in [4.78, 5) is 12.0. The minimum atomic E-state index is -4.89. The summed E-state index contributed by atoms with van der Waals surface area (Å²) in [7, 11) is 0. The van der Waals surface area contributed by atoms with Crippen LogP contribution in [0.2, 0.25) is 0 Å². The smallest absolute Gasteiger partial charge is 0.417 e. The number of nitrogens with one attached hydrogen (secondary N) is 1. The Bertz CT molecular complexity index is 610. The number of hydrogen-bond donors (Lipinski definition) is 2. The van der Waals surface area contributed by atoms with Gasteiger partial charge in [0, 0.05) is 6.20 Å². The van der Waals surface area contributed by atoms with Crippen molar-refractivity contribution in [2.75, 3.05) is 6.54 Å². The van der Waals surface area contributed by atoms with Crippen LogP contribution in [0.1, 0.15) is 13.8 Å². The topological polar surface area (TPSA) is 52.6 Å². The van der Waals surface area contributed by atoms with Crippen LogP contribution in [-0.4, -0.2) is 46.6 Å². The van der Waals surface area contributed by atoms with Crippen molar-refractivity contribution >= 4 is 5.97 Å². The number of halogens is 6. The lowest BCUT2D eigenvalue weighted by molar-refractivity contribution is -0.137. The molecule has 0 aromatic rings. The summed E-state index contributed by atoms with van der Waals surface area (Å²) in [5.41, 5.74) is -3.69. The van der Waals surface area contributed by atoms with E-state index in [-0.39, 0.29) is 0 Å². The van der Waals surface area contributed by atoms with Crippen LogP contribution in [0, 0.1) is 12.3 Å². The van der Waals surface area contributed by atoms with Crippen LogP contribution in [-0.2, 0) is 4.79 Å². The number of alkyl halides is 6. The number of allylic oxidation sites excluding steroid dienone is 2. The van der Waals surface area contributed by atoms with Gasteiger partial charge in [0.25, 0.3) is 0 Å². The van der Waals surface area contributed by atoms with Gasteiger partial charge in [-0.1, -0.05) is 5.92 Å². The van der Waals surface area contributed by atoms with Crippen molar-refractivity contribution in [3.63, 3.8) is 0 Å². The van der Waals surface area contributed by atoms with Crippen LogP contribution >= 0.6 is 0 Å². The molecule has 1 rings (SSSR count). The van der Waals surface area contributed by atoms with Crippen molar-refractivity contribution in [1.82, 2.24) is 10.2 Å². The summed E-state index contributed by atoms with van der Waals surface area (Å²) in [6.45, 7) is 0.962. The fraction of sp³-hybridized carbons (Fsp3) is 0.500. The third kappa shape index (κ3) is 4.67. The van der Waals surface area contributed by atoms with Gasteiger partial charge in [-0.3, -0.25) is 5.32 Å². The fourth-order valence-corrected chi connectivity index (χ4v) is 1.97. The Morgan fingerprint density at radius 3 is 2.25 bits per heavy atom. The molecule has 0 amide bonds. The summed E-state index contributed by atoms with van der Waals surface area (Å²) < 4.78 is 76.2. The lowest BCUT2D eigenvalue weighted by Gasteiger charge is -2.43. The second-order valence-electron chi connectivity index (χ2n) is 5.50. The number of carbonyl (C=O) groups is 1. The Balaban J connectivity index is 3.40. The number of carboxylic acid groups (broad SMARTS) is 1. The lowest BCUT2D eigenvalue weighted by Crippen LogP contribution is -2.57. The molecule has 0 saturated carbocycles. The maximum Gasteiger partial charge on any atom is 0.417 e. The number of hydrogen-bond acceptors (Lipinski definition) is 3. The molecule has 0 spiro atoms. The van der Waals surface area contributed by atoms with Crippen molar-refractivity contribution in [1.29, 1.82) is 0 Å². The van der Waals surface area contributed by atoms with Gasteiger partial charge >= 0.3 is 18.3 Å². The number of rotatable bonds is 4. The van der Waals surface area contributed by atoms with Gasteiger partial charge in [-0.2, -0.15) is 26.3 Å². The van der Waals surface area contributed by atoms with Crippen LogP contribution in [0.25, 0.3) is 0 Å². The molecule has 0 radical (unpaired) electrons. The molecule has 134 valence electrons. The van der Waals surface area contributed by atoms with Crippen molar-refractivity contribution in [2.45, 2.75) is 37.9 Å². The first-order valence-corrected chi connectivity index (χ1v) is 6.49. The van der Waals surface area contributed by atoms with Crippen LogP contribution in [0.3, 0.4) is 0 Å². The Hall–Kier alpha value is -2.15. The van der Waals surface area contributed by atoms with Crippen molar-refractivity contribution in [3.8, 4) is 12.3 Å². The van der Waals surface area contributed by atoms with E-state index in [0.29, 0.717) is 12.3 Å². The Kier molecular flexibility index (Phi) is 5.30. The molecule has 1 aliphatic heterocycles. The molecule has 24 heavy (non-hydrogen) atoms. The first kappa shape index (κ1) is 19.9. The Morgan fingerprint density at radius 2 is 1.88 bits per heavy atom. The van der Waals surface area contributed by atoms with Gasteiger partial charge in [0.15, 0.2) is 0 Å². The molecule has 1 unspecified atom stereocenters. The van der Waals surface area contributed by atoms with E-state index in [1.54, 1.807) is 0 Å². The number of nitrogens with zero attached hydrogens (tertiary/aromatic N) is 1. The SMILES string of the molecule is C#CC(C)(C)N1C=C(C(F)(F)F)C=C(C(=O)O)C1NCC(F)(F)F. The molecule has 0 fully saturated rings. The standard InChI is InChI=1S/C14H14F6N2O2/c1-4-12(2,3)22-6-8(14(18,19)20)5-9(11(23)24)10(22)21-7-13(15,16)17/h1,5-6,10,21H,7H2,2-3H3,(H,23,24). The summed E-state index contributed by atoms with van der Waals surface area (Å²) >= 11 is 0. The van der Waals surface area contributed by atoms with E-state index in [0.717, 1.165) is 4.90 Å². The van der Waals surface area contributed by atoms with Gasteiger partial charge in [-0.25, -0.2) is 4.79 Å². The zero-order chi connectivity index (χ0) is 18.9. The lowest BCUT2D eigenvalue weighted by atomic mass is 9.96. The third-order valence-corrected chi connectivity index (χ3v) is 3.23. The van der Waals surface area contributed by atoms with E-state index in [1.807, 2.05) is 5.32 Å². The van der Waals surface area contributed by atoms with Gasteiger partial charge in [-0.05, 0) is 19.9 Å². The number of aliphatic carboxylic acids is 1. The Morgan fingerprint density at radius 1 is 1.33 bits per heavy atom. The van der Waals surface area contributed by atoms with Crippen LogP contribution in [0.5, 0.6) is 0 Å². The zero-order valence-corrected chi connectivity index (χ0v) is 12.6. The van der Waals surface area contributed by atoms with Crippen molar-refractivity contribution in [2.24, 2.45) is 0 Å². The highest BCUT2D eigenvalue weighted by molar-refractivity contribution is 5.89. The van der Waals surface area contributed by atoms with Crippen LogP contribution < -0.4 is 5.32 Å². The normalized spacial score (nSPS) is 19.5. The second kappa shape index (κ2) is 6.39. The van der Waals surface area contributed by atoms with E-state index < -0.39 is 47.7 Å². The molecule has 1 aliphatic rings. The number of carboxylic acids is 1. The molecule has 0 aromatic carbocycles. The maximum absolute atomic E-state index is 13.0. The number of terminal acetylenes is 1. The molecular formula is C14H14F6N2O2. The second-order valence-corrected chi connectivity index (χ2v) is 5.50. The first-order chi connectivity index (χ1) is 10.7. The fourth-order valence-electron chi connectivity index (χ4n) is 1.97. The molecule has 1 atom stereocenters. The highest BCUT2D eigenvalue weighted by Gasteiger charge is 2.43. The van der Waals surface area contributed by atoms with E-state index in [2.05, 4.69) is 5.92 Å². The Labute approximate surface area is 133 Å². The quantitative estimate of drug-likeness (QED) is 0.601. The monoisotopic (exact) mass is 356 g/mol. The van der Waals surface area contributed by atoms with Gasteiger partial charge in [0.05, 0.1) is 23.2 Å². The molecular weight excluding hydrogens is 342 g/mol. The van der Waals surface area contributed by atoms with E-state index in [1.165, 1.54) is 13.8 Å². The van der Waals surface area contributed by atoms with Crippen molar-refractivity contribution < 1.29 is 36.2 Å². The van der Waals surface area contributed by atoms with Crippen LogP contribution in [0.4, 0.5) is 26.3 Å². The molecule has 0 bridgehead atoms. The summed E-state index contributed by atoms with van der Waals surface area (Å²) in [5.74, 6) is 0.353. The average molecular weight is 356 g/mol. The van der Waals surface area contributed by atoms with E-state index >= 15 is 0 Å². The van der Waals surface area contributed by atoms with Crippen LogP contribution in [0.15, 0.2) is 23.4 Å². The van der Waals surface area contributed by atoms with Gasteiger partial charge in [0.2, 0.25) is 0 Å². The maximum atomic E-state index is 13.0. The molecule has 10 heteroatoms. The highest BCUT2D eigenvalue weighted by atomic mass is 19.4. The van der Waals surface area contributed by atoms with Gasteiger partial charge in [0.1, 0.15) is 6.17 Å². The predicted octanol–water partition coefficient (Wildman–Crippen LogP) is 2.65. The van der Waals surface area contributed by atoms with Crippen molar-refractivity contribution in [3.05, 3.63) is 23.4 Å². The molecule has 0 aromatic heterocycles. The van der Waals surface area contributed by atoms with E-state index in [9.17, 15) is 31.1 Å². The first-order valence-electron chi connectivity index (χ1n) is 6.49. The zero-order valence-electron chi connectivity index (χ0n) is 12.6. The minimum absolute atomic E-state index is 0.291. The molecule has 2 N–H and O–H groups in total. The highest BCUT2D eigenvalue weighted by Crippen LogP contribution is 2.35. The summed E-state index contributed by atoms with van der Waals surface area (Å²) in [6, 6.07) is 0. The summed E-state index contributed by atoms with van der Waals surface area (Å²) in [5, 5.41) is 11.0. The molecule has 4 nitrogen and oxygen atoms in total. The molecule has 1 heterocycles. The van der Waals surface area contributed by atoms with Gasteiger partial charge < -0.3 is 10.0 Å². The molecule has 0 aliphatic carbocycles. The van der Waals surface area contributed by atoms with Gasteiger partial charge in [-0.15, -0.1) is 6.42 Å². The minimum Gasteiger partial charge on any atom is -0.478 e. The average Bonchev–Trinajstić information content (AvgIpc) is 2.42.